The fourth-order valence-electron chi connectivity index (χ4n) is 4.50. The van der Waals surface area contributed by atoms with Gasteiger partial charge < -0.3 is 10.1 Å². The number of aromatic nitrogens is 3. The molecule has 0 radical (unpaired) electrons. The highest BCUT2D eigenvalue weighted by Crippen LogP contribution is 2.34. The van der Waals surface area contributed by atoms with Crippen molar-refractivity contribution in [3.63, 3.8) is 0 Å². The third kappa shape index (κ3) is 5.43. The number of methoxy groups -OCH3 is 1. The SMILES string of the molecule is COc1cn(/C(=C\c2ccccc2)C(=O)Nc2ccc3nn(C)cc3c2)c(=O)cc1-c1cc(Cl)ccc1C(C)=O. The number of pyridine rings is 1. The van der Waals surface area contributed by atoms with E-state index in [9.17, 15) is 14.4 Å². The molecular formula is C31H25ClN4O4. The van der Waals surface area contributed by atoms with Gasteiger partial charge in [-0.05, 0) is 60.5 Å². The van der Waals surface area contributed by atoms with Crippen LogP contribution in [0.4, 0.5) is 5.69 Å². The number of ether oxygens (including phenoxy) is 1. The molecule has 0 aliphatic rings. The van der Waals surface area contributed by atoms with Crippen molar-refractivity contribution in [2.24, 2.45) is 7.05 Å². The Kier molecular flexibility index (Phi) is 7.35. The van der Waals surface area contributed by atoms with Crippen molar-refractivity contribution >= 4 is 51.7 Å². The predicted octanol–water partition coefficient (Wildman–Crippen LogP) is 5.90. The number of aryl methyl sites for hydroxylation is 1. The number of nitrogens with one attached hydrogen (secondary N) is 1. The van der Waals surface area contributed by atoms with E-state index in [-0.39, 0.29) is 17.2 Å². The zero-order valence-electron chi connectivity index (χ0n) is 22.0. The Labute approximate surface area is 235 Å². The Hall–Kier alpha value is -4.95. The summed E-state index contributed by atoms with van der Waals surface area (Å²) in [5.74, 6) is -0.406. The molecule has 0 fully saturated rings. The summed E-state index contributed by atoms with van der Waals surface area (Å²) in [6, 6.07) is 20.8. The highest BCUT2D eigenvalue weighted by Gasteiger charge is 2.20. The molecule has 8 nitrogen and oxygen atoms in total. The summed E-state index contributed by atoms with van der Waals surface area (Å²) in [4.78, 5) is 39.6. The van der Waals surface area contributed by atoms with Crippen LogP contribution in [-0.4, -0.2) is 33.1 Å². The van der Waals surface area contributed by atoms with Gasteiger partial charge in [0.05, 0.1) is 18.8 Å². The molecule has 1 amide bonds. The van der Waals surface area contributed by atoms with Crippen molar-refractivity contribution < 1.29 is 14.3 Å². The molecular weight excluding hydrogens is 528 g/mol. The number of hydrogen-bond acceptors (Lipinski definition) is 5. The second-order valence-electron chi connectivity index (χ2n) is 9.18. The van der Waals surface area contributed by atoms with E-state index in [0.29, 0.717) is 27.4 Å². The Balaban J connectivity index is 1.63. The molecule has 0 saturated carbocycles. The third-order valence-corrected chi connectivity index (χ3v) is 6.60. The molecule has 1 N–H and O–H groups in total. The zero-order chi connectivity index (χ0) is 28.4. The lowest BCUT2D eigenvalue weighted by atomic mass is 9.97. The molecule has 0 bridgehead atoms. The lowest BCUT2D eigenvalue weighted by Crippen LogP contribution is -2.26. The van der Waals surface area contributed by atoms with Crippen LogP contribution in [0.25, 0.3) is 33.8 Å². The van der Waals surface area contributed by atoms with Crippen LogP contribution in [0, 0.1) is 0 Å². The number of carbonyl (C=O) groups is 2. The molecule has 0 aliphatic heterocycles. The maximum atomic E-state index is 13.7. The average molecular weight is 553 g/mol. The number of ketones is 1. The van der Waals surface area contributed by atoms with Crippen molar-refractivity contribution in [2.75, 3.05) is 12.4 Å². The first-order valence-corrected chi connectivity index (χ1v) is 12.7. The maximum absolute atomic E-state index is 13.7. The van der Waals surface area contributed by atoms with Crippen LogP contribution in [-0.2, 0) is 11.8 Å². The Bertz CT molecular complexity index is 1860. The monoisotopic (exact) mass is 552 g/mol. The molecule has 40 heavy (non-hydrogen) atoms. The number of hydrogen-bond donors (Lipinski definition) is 1. The quantitative estimate of drug-likeness (QED) is 0.200. The molecule has 0 atom stereocenters. The number of fused-ring (bicyclic) bond motifs is 1. The van der Waals surface area contributed by atoms with E-state index in [1.54, 1.807) is 35.0 Å². The molecule has 5 aromatic rings. The van der Waals surface area contributed by atoms with Crippen LogP contribution in [0.15, 0.2) is 90.0 Å². The topological polar surface area (TPSA) is 95.2 Å². The molecule has 0 saturated heterocycles. The Morgan fingerprint density at radius 3 is 2.48 bits per heavy atom. The number of halogens is 1. The highest BCUT2D eigenvalue weighted by atomic mass is 35.5. The zero-order valence-corrected chi connectivity index (χ0v) is 22.8. The lowest BCUT2D eigenvalue weighted by Gasteiger charge is -2.17. The Morgan fingerprint density at radius 2 is 1.75 bits per heavy atom. The van der Waals surface area contributed by atoms with Gasteiger partial charge in [-0.3, -0.25) is 23.6 Å². The summed E-state index contributed by atoms with van der Waals surface area (Å²) in [7, 11) is 3.28. The number of rotatable bonds is 7. The minimum Gasteiger partial charge on any atom is -0.495 e. The van der Waals surface area contributed by atoms with Gasteiger partial charge in [0.25, 0.3) is 11.5 Å². The normalized spacial score (nSPS) is 11.4. The van der Waals surface area contributed by atoms with Gasteiger partial charge in [0.15, 0.2) is 5.78 Å². The van der Waals surface area contributed by atoms with Gasteiger partial charge in [-0.15, -0.1) is 0 Å². The fraction of sp³-hybridized carbons (Fsp3) is 0.0968. The summed E-state index contributed by atoms with van der Waals surface area (Å²) in [5, 5.41) is 8.52. The van der Waals surface area contributed by atoms with Crippen LogP contribution in [0.3, 0.4) is 0 Å². The maximum Gasteiger partial charge on any atom is 0.272 e. The van der Waals surface area contributed by atoms with Crippen LogP contribution in [0.5, 0.6) is 5.75 Å². The molecule has 5 rings (SSSR count). The summed E-state index contributed by atoms with van der Waals surface area (Å²) in [6.07, 6.45) is 4.92. The lowest BCUT2D eigenvalue weighted by molar-refractivity contribution is -0.111. The second kappa shape index (κ2) is 11.0. The second-order valence-corrected chi connectivity index (χ2v) is 9.62. The molecule has 0 unspecified atom stereocenters. The fourth-order valence-corrected chi connectivity index (χ4v) is 4.67. The first-order valence-electron chi connectivity index (χ1n) is 12.4. The van der Waals surface area contributed by atoms with Crippen molar-refractivity contribution in [3.8, 4) is 16.9 Å². The number of anilines is 1. The minimum atomic E-state index is -0.504. The van der Waals surface area contributed by atoms with Crippen molar-refractivity contribution in [1.29, 1.82) is 0 Å². The summed E-state index contributed by atoms with van der Waals surface area (Å²) < 4.78 is 8.56. The van der Waals surface area contributed by atoms with E-state index in [2.05, 4.69) is 10.4 Å². The van der Waals surface area contributed by atoms with Gasteiger partial charge in [-0.25, -0.2) is 0 Å². The standard InChI is InChI=1S/C31H25ClN4O4/c1-19(37)24-11-9-22(32)15-25(24)26-16-30(38)36(18-29(26)40-3)28(13-20-7-5-4-6-8-20)31(39)33-23-10-12-27-21(14-23)17-35(2)34-27/h4-18H,1-3H3,(H,33,39)/b28-13-. The molecule has 9 heteroatoms. The van der Waals surface area contributed by atoms with E-state index < -0.39 is 11.5 Å². The van der Waals surface area contributed by atoms with Gasteiger partial charge in [-0.1, -0.05) is 41.9 Å². The van der Waals surface area contributed by atoms with Crippen molar-refractivity contribution in [3.05, 3.63) is 112 Å². The van der Waals surface area contributed by atoms with Crippen LogP contribution < -0.4 is 15.6 Å². The first-order chi connectivity index (χ1) is 19.2. The number of nitrogens with zero attached hydrogens (tertiary/aromatic N) is 3. The van der Waals surface area contributed by atoms with E-state index >= 15 is 0 Å². The summed E-state index contributed by atoms with van der Waals surface area (Å²) in [6.45, 7) is 1.44. The largest absolute Gasteiger partial charge is 0.495 e. The van der Waals surface area contributed by atoms with Crippen LogP contribution in [0.1, 0.15) is 22.8 Å². The van der Waals surface area contributed by atoms with Crippen LogP contribution in [0.2, 0.25) is 5.02 Å². The number of benzene rings is 3. The molecule has 200 valence electrons. The van der Waals surface area contributed by atoms with E-state index in [1.165, 1.54) is 30.9 Å². The van der Waals surface area contributed by atoms with Gasteiger partial charge >= 0.3 is 0 Å². The summed E-state index contributed by atoms with van der Waals surface area (Å²) in [5.41, 5.74) is 2.88. The van der Waals surface area contributed by atoms with Gasteiger partial charge in [0.2, 0.25) is 0 Å². The van der Waals surface area contributed by atoms with Gasteiger partial charge in [0.1, 0.15) is 11.4 Å². The molecule has 2 aromatic heterocycles. The molecule has 0 spiro atoms. The molecule has 2 heterocycles. The minimum absolute atomic E-state index is 0.0743. The molecule has 3 aromatic carbocycles. The summed E-state index contributed by atoms with van der Waals surface area (Å²) >= 11 is 6.23. The Morgan fingerprint density at radius 1 is 0.975 bits per heavy atom. The van der Waals surface area contributed by atoms with Crippen molar-refractivity contribution in [2.45, 2.75) is 6.92 Å². The van der Waals surface area contributed by atoms with Crippen LogP contribution >= 0.6 is 11.6 Å². The number of Topliss-reactive ketones (excluding diaryl/α,β-unsaturated/α-hetero) is 1. The number of amides is 1. The average Bonchev–Trinajstić information content (AvgIpc) is 3.31. The first kappa shape index (κ1) is 26.6. The van der Waals surface area contributed by atoms with E-state index in [4.69, 9.17) is 16.3 Å². The third-order valence-electron chi connectivity index (χ3n) is 6.36. The number of carbonyl (C=O) groups excluding carboxylic acids is 2. The van der Waals surface area contributed by atoms with E-state index in [0.717, 1.165) is 16.5 Å². The smallest absolute Gasteiger partial charge is 0.272 e. The van der Waals surface area contributed by atoms with Gasteiger partial charge in [-0.2, -0.15) is 5.10 Å². The van der Waals surface area contributed by atoms with Gasteiger partial charge in [0, 0.05) is 46.5 Å². The highest BCUT2D eigenvalue weighted by molar-refractivity contribution is 6.31. The predicted molar refractivity (Wildman–Crippen MR) is 158 cm³/mol. The van der Waals surface area contributed by atoms with Crippen molar-refractivity contribution in [1.82, 2.24) is 14.3 Å². The molecule has 0 aliphatic carbocycles. The van der Waals surface area contributed by atoms with E-state index in [1.807, 2.05) is 55.7 Å².